The normalized spacial score (nSPS) is 37.2. The topological polar surface area (TPSA) is 127 Å². The second-order valence-electron chi connectivity index (χ2n) is 5.46. The van der Waals surface area contributed by atoms with Crippen molar-refractivity contribution in [3.8, 4) is 0 Å². The molecule has 5 atom stereocenters. The summed E-state index contributed by atoms with van der Waals surface area (Å²) < 4.78 is 24.2. The average molecular weight is 342 g/mol. The van der Waals surface area contributed by atoms with Gasteiger partial charge in [-0.05, 0) is 0 Å². The van der Waals surface area contributed by atoms with Crippen molar-refractivity contribution in [1.29, 1.82) is 0 Å². The molecule has 0 radical (unpaired) electrons. The summed E-state index contributed by atoms with van der Waals surface area (Å²) >= 11 is 0. The van der Waals surface area contributed by atoms with Crippen LogP contribution in [0.4, 0.5) is 5.82 Å². The van der Waals surface area contributed by atoms with Gasteiger partial charge in [0.25, 0.3) is 0 Å². The van der Waals surface area contributed by atoms with Crippen molar-refractivity contribution in [3.63, 3.8) is 0 Å². The van der Waals surface area contributed by atoms with E-state index in [0.29, 0.717) is 17.8 Å². The van der Waals surface area contributed by atoms with E-state index in [4.69, 9.17) is 24.0 Å². The molecule has 4 rings (SSSR count). The molecule has 0 bridgehead atoms. The van der Waals surface area contributed by atoms with Gasteiger partial charge in [-0.1, -0.05) is 0 Å². The molecule has 0 spiro atoms. The maximum atomic E-state index is 10.6. The lowest BCUT2D eigenvalue weighted by atomic mass is 10.1. The largest absolute Gasteiger partial charge is 0.408 e. The highest BCUT2D eigenvalue weighted by Crippen LogP contribution is 2.63. The molecule has 0 aromatic carbocycles. The quantitative estimate of drug-likeness (QED) is 0.732. The lowest BCUT2D eigenvalue weighted by Crippen LogP contribution is -2.40. The number of aliphatic hydroxyl groups excluding tert-OH is 1. The predicted octanol–water partition coefficient (Wildman–Crippen LogP) is 0.121. The number of nitrogen functional groups attached to an aromatic ring is 1. The maximum Gasteiger partial charge on any atom is 0.408 e. The van der Waals surface area contributed by atoms with Gasteiger partial charge in [0.15, 0.2) is 23.8 Å². The molecular weight excluding hydrogens is 325 g/mol. The van der Waals surface area contributed by atoms with Crippen LogP contribution in [0, 0.1) is 0 Å². The van der Waals surface area contributed by atoms with E-state index in [9.17, 15) is 5.11 Å². The van der Waals surface area contributed by atoms with Crippen molar-refractivity contribution in [2.24, 2.45) is 0 Å². The average Bonchev–Trinajstić information content (AvgIpc) is 3.10. The van der Waals surface area contributed by atoms with Crippen molar-refractivity contribution in [3.05, 3.63) is 12.7 Å². The minimum absolute atomic E-state index is 0.274. The third-order valence-electron chi connectivity index (χ3n) is 4.09. The van der Waals surface area contributed by atoms with Gasteiger partial charge in [0, 0.05) is 0 Å². The number of ether oxygens (including phenoxy) is 1. The van der Waals surface area contributed by atoms with Gasteiger partial charge in [-0.25, -0.2) is 15.0 Å². The molecule has 0 amide bonds. The molecule has 4 heterocycles. The van der Waals surface area contributed by atoms with Crippen LogP contribution in [0.3, 0.4) is 0 Å². The standard InChI is InChI=1S/C12H17N5O5P/c1-19-23(2)20-3-6-9(22-23)8(18)12(21-6)17-5-16-7-10(13)14-4-15-11(7)17/h4-6,8-9,12,18H,3H2,1-2H3,(H2,13,14,15)/q+1/t6?,8-,9?,12+,23?/m0/s1. The van der Waals surface area contributed by atoms with Crippen LogP contribution in [0.5, 0.6) is 0 Å². The number of anilines is 1. The van der Waals surface area contributed by atoms with Crippen LogP contribution in [-0.2, 0) is 18.3 Å². The first-order valence-corrected chi connectivity index (χ1v) is 9.03. The van der Waals surface area contributed by atoms with E-state index in [2.05, 4.69) is 15.0 Å². The van der Waals surface area contributed by atoms with Gasteiger partial charge in [-0.2, -0.15) is 13.6 Å². The zero-order valence-electron chi connectivity index (χ0n) is 12.6. The molecule has 0 aliphatic carbocycles. The zero-order valence-corrected chi connectivity index (χ0v) is 13.5. The summed E-state index contributed by atoms with van der Waals surface area (Å²) in [5.74, 6) is 0.274. The van der Waals surface area contributed by atoms with Gasteiger partial charge in [-0.15, -0.1) is 0 Å². The summed E-state index contributed by atoms with van der Waals surface area (Å²) in [7, 11) is -0.897. The Kier molecular flexibility index (Phi) is 3.49. The molecule has 124 valence electrons. The van der Waals surface area contributed by atoms with Crippen LogP contribution in [0.15, 0.2) is 12.7 Å². The molecule has 2 saturated heterocycles. The van der Waals surface area contributed by atoms with Gasteiger partial charge in [0.2, 0.25) is 0 Å². The summed E-state index contributed by atoms with van der Waals surface area (Å²) in [6.45, 7) is 2.05. The lowest BCUT2D eigenvalue weighted by Gasteiger charge is -2.29. The van der Waals surface area contributed by atoms with Gasteiger partial charge < -0.3 is 15.6 Å². The van der Waals surface area contributed by atoms with Crippen LogP contribution < -0.4 is 5.73 Å². The number of rotatable bonds is 2. The number of nitrogens with two attached hydrogens (primary N) is 1. The van der Waals surface area contributed by atoms with E-state index in [1.165, 1.54) is 19.8 Å². The maximum absolute atomic E-state index is 10.6. The van der Waals surface area contributed by atoms with Crippen molar-refractivity contribution in [1.82, 2.24) is 19.5 Å². The number of imidazole rings is 1. The van der Waals surface area contributed by atoms with Crippen LogP contribution in [0.1, 0.15) is 6.23 Å². The number of hydrogen-bond donors (Lipinski definition) is 2. The summed E-state index contributed by atoms with van der Waals surface area (Å²) in [6, 6.07) is 0. The number of nitrogens with zero attached hydrogens (tertiary/aromatic N) is 4. The minimum Gasteiger partial charge on any atom is -0.385 e. The van der Waals surface area contributed by atoms with E-state index in [1.54, 1.807) is 11.2 Å². The molecule has 2 aromatic rings. The molecule has 11 heteroatoms. The SMILES string of the molecule is CO[P+]1(C)OCC2O[C@@H](n3cnc4c(N)ncnc43)[C@@H](O)C2O1. The van der Waals surface area contributed by atoms with Crippen LogP contribution in [0.25, 0.3) is 11.2 Å². The Morgan fingerprint density at radius 2 is 2.26 bits per heavy atom. The second kappa shape index (κ2) is 5.30. The fourth-order valence-electron chi connectivity index (χ4n) is 2.83. The first-order chi connectivity index (χ1) is 11.0. The third-order valence-corrected chi connectivity index (χ3v) is 6.00. The van der Waals surface area contributed by atoms with Gasteiger partial charge in [0.1, 0.15) is 37.3 Å². The molecule has 3 N–H and O–H groups in total. The van der Waals surface area contributed by atoms with Gasteiger partial charge in [-0.3, -0.25) is 4.57 Å². The number of fused-ring (bicyclic) bond motifs is 2. The Hall–Kier alpha value is -1.42. The fraction of sp³-hybridized carbons (Fsp3) is 0.583. The lowest BCUT2D eigenvalue weighted by molar-refractivity contribution is -0.0639. The number of aliphatic hydroxyl groups is 1. The van der Waals surface area contributed by atoms with E-state index in [-0.39, 0.29) is 5.82 Å². The molecule has 0 saturated carbocycles. The van der Waals surface area contributed by atoms with Gasteiger partial charge in [0.05, 0.1) is 13.4 Å². The van der Waals surface area contributed by atoms with Gasteiger partial charge >= 0.3 is 7.94 Å². The summed E-state index contributed by atoms with van der Waals surface area (Å²) in [6.07, 6.45) is 0.325. The van der Waals surface area contributed by atoms with Crippen molar-refractivity contribution in [2.75, 3.05) is 26.1 Å². The summed E-state index contributed by atoms with van der Waals surface area (Å²) in [5.41, 5.74) is 6.74. The number of hydrogen-bond acceptors (Lipinski definition) is 9. The molecule has 3 unspecified atom stereocenters. The monoisotopic (exact) mass is 342 g/mol. The first kappa shape index (κ1) is 15.1. The Balaban J connectivity index is 1.67. The fourth-order valence-corrected chi connectivity index (χ4v) is 4.20. The Bertz CT molecular complexity index is 744. The molecule has 2 aliphatic heterocycles. The Morgan fingerprint density at radius 1 is 1.43 bits per heavy atom. The van der Waals surface area contributed by atoms with Crippen LogP contribution in [0.2, 0.25) is 0 Å². The zero-order chi connectivity index (χ0) is 16.2. The van der Waals surface area contributed by atoms with E-state index < -0.39 is 32.5 Å². The van der Waals surface area contributed by atoms with Crippen molar-refractivity contribution in [2.45, 2.75) is 24.5 Å². The molecule has 2 aromatic heterocycles. The number of aromatic nitrogens is 4. The Labute approximate surface area is 132 Å². The summed E-state index contributed by atoms with van der Waals surface area (Å²) in [4.78, 5) is 12.3. The Morgan fingerprint density at radius 3 is 3.04 bits per heavy atom. The highest BCUT2D eigenvalue weighted by Gasteiger charge is 2.58. The summed E-state index contributed by atoms with van der Waals surface area (Å²) in [5, 5.41) is 10.6. The molecule has 23 heavy (non-hydrogen) atoms. The third kappa shape index (κ3) is 2.30. The van der Waals surface area contributed by atoms with Crippen molar-refractivity contribution < 1.29 is 23.4 Å². The van der Waals surface area contributed by atoms with E-state index >= 15 is 0 Å². The smallest absolute Gasteiger partial charge is 0.385 e. The van der Waals surface area contributed by atoms with Crippen LogP contribution >= 0.6 is 7.94 Å². The first-order valence-electron chi connectivity index (χ1n) is 7.04. The van der Waals surface area contributed by atoms with Crippen LogP contribution in [-0.4, -0.2) is 63.3 Å². The highest BCUT2D eigenvalue weighted by molar-refractivity contribution is 7.60. The minimum atomic E-state index is -2.42. The molecule has 10 nitrogen and oxygen atoms in total. The van der Waals surface area contributed by atoms with E-state index in [0.717, 1.165) is 0 Å². The molecular formula is C12H17N5O5P+. The van der Waals surface area contributed by atoms with E-state index in [1.807, 2.05) is 0 Å². The molecule has 2 aliphatic rings. The van der Waals surface area contributed by atoms with Crippen molar-refractivity contribution >= 4 is 24.9 Å². The second-order valence-corrected chi connectivity index (χ2v) is 7.84. The highest BCUT2D eigenvalue weighted by atomic mass is 31.2. The molecule has 2 fully saturated rings. The predicted molar refractivity (Wildman–Crippen MR) is 80.3 cm³/mol.